The number of benzene rings is 2. The highest BCUT2D eigenvalue weighted by Gasteiger charge is 2.28. The van der Waals surface area contributed by atoms with E-state index in [4.69, 9.17) is 11.6 Å². The quantitative estimate of drug-likeness (QED) is 0.818. The summed E-state index contributed by atoms with van der Waals surface area (Å²) < 4.78 is 0. The van der Waals surface area contributed by atoms with E-state index in [0.29, 0.717) is 11.6 Å². The molecule has 1 unspecified atom stereocenters. The molecule has 1 aliphatic rings. The van der Waals surface area contributed by atoms with E-state index in [-0.39, 0.29) is 17.5 Å². The maximum Gasteiger partial charge on any atom is 0.166 e. The van der Waals surface area contributed by atoms with Crippen molar-refractivity contribution in [3.8, 4) is 5.75 Å². The molecule has 3 rings (SSSR count). The van der Waals surface area contributed by atoms with E-state index in [9.17, 15) is 9.90 Å². The van der Waals surface area contributed by atoms with Gasteiger partial charge in [0, 0.05) is 22.5 Å². The first-order valence-corrected chi connectivity index (χ1v) is 8.75. The average Bonchev–Trinajstić information content (AvgIpc) is 2.61. The number of piperidine rings is 1. The molecule has 1 atom stereocenters. The van der Waals surface area contributed by atoms with Crippen LogP contribution < -0.4 is 0 Å². The van der Waals surface area contributed by atoms with Crippen molar-refractivity contribution in [1.29, 1.82) is 0 Å². The highest BCUT2D eigenvalue weighted by atomic mass is 35.5. The summed E-state index contributed by atoms with van der Waals surface area (Å²) in [6, 6.07) is 14.8. The van der Waals surface area contributed by atoms with Gasteiger partial charge in [0.1, 0.15) is 5.75 Å². The number of halogens is 1. The van der Waals surface area contributed by atoms with Gasteiger partial charge in [-0.15, -0.1) is 0 Å². The predicted octanol–water partition coefficient (Wildman–Crippen LogP) is 4.70. The maximum atomic E-state index is 12.6. The van der Waals surface area contributed by atoms with Crippen LogP contribution in [0.15, 0.2) is 48.5 Å². The van der Waals surface area contributed by atoms with E-state index in [1.807, 2.05) is 18.2 Å². The van der Waals surface area contributed by atoms with Crippen LogP contribution in [-0.4, -0.2) is 28.9 Å². The van der Waals surface area contributed by atoms with Crippen LogP contribution in [0.25, 0.3) is 0 Å². The number of ketones is 1. The van der Waals surface area contributed by atoms with Gasteiger partial charge in [0.2, 0.25) is 0 Å². The summed E-state index contributed by atoms with van der Waals surface area (Å²) in [5.41, 5.74) is 1.90. The summed E-state index contributed by atoms with van der Waals surface area (Å²) in [5, 5.41) is 10.1. The minimum Gasteiger partial charge on any atom is -0.508 e. The standard InChI is InChI=1S/C20H22ClNO2/c1-14(17-3-2-4-18(21)13-17)22-11-9-16(10-12-22)20(24)15-5-7-19(23)8-6-15/h2-8,13-14,16,23H,9-12H2,1H3. The summed E-state index contributed by atoms with van der Waals surface area (Å²) in [6.45, 7) is 4.00. The summed E-state index contributed by atoms with van der Waals surface area (Å²) >= 11 is 6.09. The average molecular weight is 344 g/mol. The molecule has 0 amide bonds. The van der Waals surface area contributed by atoms with Crippen molar-refractivity contribution in [1.82, 2.24) is 4.90 Å². The molecular formula is C20H22ClNO2. The van der Waals surface area contributed by atoms with Crippen LogP contribution in [0.4, 0.5) is 0 Å². The molecule has 0 radical (unpaired) electrons. The fourth-order valence-corrected chi connectivity index (χ4v) is 3.59. The zero-order chi connectivity index (χ0) is 17.1. The number of hydrogen-bond donors (Lipinski definition) is 1. The van der Waals surface area contributed by atoms with E-state index in [1.54, 1.807) is 24.3 Å². The van der Waals surface area contributed by atoms with Crippen molar-refractivity contribution >= 4 is 17.4 Å². The van der Waals surface area contributed by atoms with Gasteiger partial charge in [-0.25, -0.2) is 0 Å². The number of nitrogens with zero attached hydrogens (tertiary/aromatic N) is 1. The molecule has 1 fully saturated rings. The molecule has 1 heterocycles. The van der Waals surface area contributed by atoms with Crippen molar-refractivity contribution in [2.75, 3.05) is 13.1 Å². The Bertz CT molecular complexity index is 706. The van der Waals surface area contributed by atoms with Crippen LogP contribution in [0.3, 0.4) is 0 Å². The van der Waals surface area contributed by atoms with Crippen molar-refractivity contribution < 1.29 is 9.90 Å². The van der Waals surface area contributed by atoms with Crippen molar-refractivity contribution in [3.63, 3.8) is 0 Å². The first-order valence-electron chi connectivity index (χ1n) is 8.37. The van der Waals surface area contributed by atoms with Crippen LogP contribution in [0.2, 0.25) is 5.02 Å². The molecule has 24 heavy (non-hydrogen) atoms. The molecule has 1 N–H and O–H groups in total. The Labute approximate surface area is 147 Å². The fraction of sp³-hybridized carbons (Fsp3) is 0.350. The lowest BCUT2D eigenvalue weighted by Gasteiger charge is -2.35. The van der Waals surface area contributed by atoms with Gasteiger partial charge in [0.25, 0.3) is 0 Å². The Balaban J connectivity index is 1.61. The highest BCUT2D eigenvalue weighted by Crippen LogP contribution is 2.29. The van der Waals surface area contributed by atoms with Gasteiger partial charge in [-0.05, 0) is 74.8 Å². The lowest BCUT2D eigenvalue weighted by atomic mass is 9.88. The van der Waals surface area contributed by atoms with Gasteiger partial charge < -0.3 is 5.11 Å². The van der Waals surface area contributed by atoms with Crippen LogP contribution in [0, 0.1) is 5.92 Å². The number of hydrogen-bond acceptors (Lipinski definition) is 3. The molecule has 3 nitrogen and oxygen atoms in total. The summed E-state index contributed by atoms with van der Waals surface area (Å²) in [6.07, 6.45) is 1.73. The van der Waals surface area contributed by atoms with Crippen LogP contribution in [-0.2, 0) is 0 Å². The molecule has 0 aliphatic carbocycles. The lowest BCUT2D eigenvalue weighted by Crippen LogP contribution is -2.37. The topological polar surface area (TPSA) is 40.5 Å². The molecule has 0 bridgehead atoms. The smallest absolute Gasteiger partial charge is 0.166 e. The van der Waals surface area contributed by atoms with Crippen LogP contribution in [0.1, 0.15) is 41.7 Å². The Morgan fingerprint density at radius 2 is 1.83 bits per heavy atom. The maximum absolute atomic E-state index is 12.6. The second-order valence-corrected chi connectivity index (χ2v) is 6.89. The molecule has 4 heteroatoms. The summed E-state index contributed by atoms with van der Waals surface area (Å²) in [7, 11) is 0. The Kier molecular flexibility index (Phi) is 5.22. The van der Waals surface area contributed by atoms with E-state index in [2.05, 4.69) is 17.9 Å². The third kappa shape index (κ3) is 3.80. The Morgan fingerprint density at radius 1 is 1.17 bits per heavy atom. The minimum atomic E-state index is 0.0670. The van der Waals surface area contributed by atoms with Gasteiger partial charge in [-0.3, -0.25) is 9.69 Å². The number of phenolic OH excluding ortho intramolecular Hbond substituents is 1. The molecule has 1 saturated heterocycles. The normalized spacial score (nSPS) is 17.6. The second-order valence-electron chi connectivity index (χ2n) is 6.45. The molecular weight excluding hydrogens is 322 g/mol. The van der Waals surface area contributed by atoms with Crippen LogP contribution in [0.5, 0.6) is 5.75 Å². The van der Waals surface area contributed by atoms with Gasteiger partial charge in [0.05, 0.1) is 0 Å². The van der Waals surface area contributed by atoms with E-state index >= 15 is 0 Å². The molecule has 2 aromatic rings. The number of likely N-dealkylation sites (tertiary alicyclic amines) is 1. The highest BCUT2D eigenvalue weighted by molar-refractivity contribution is 6.30. The van der Waals surface area contributed by atoms with E-state index < -0.39 is 0 Å². The number of Topliss-reactive ketones (excluding diaryl/α,β-unsaturated/α-hetero) is 1. The monoisotopic (exact) mass is 343 g/mol. The molecule has 0 saturated carbocycles. The second kappa shape index (κ2) is 7.37. The van der Waals surface area contributed by atoms with Crippen LogP contribution >= 0.6 is 11.6 Å². The Morgan fingerprint density at radius 3 is 2.46 bits per heavy atom. The third-order valence-corrected chi connectivity index (χ3v) is 5.17. The van der Waals surface area contributed by atoms with Gasteiger partial charge in [-0.2, -0.15) is 0 Å². The minimum absolute atomic E-state index is 0.0670. The van der Waals surface area contributed by atoms with Crippen molar-refractivity contribution in [2.45, 2.75) is 25.8 Å². The number of phenols is 1. The Hall–Kier alpha value is -1.84. The largest absolute Gasteiger partial charge is 0.508 e. The zero-order valence-corrected chi connectivity index (χ0v) is 14.5. The third-order valence-electron chi connectivity index (χ3n) is 4.93. The SMILES string of the molecule is CC(c1cccc(Cl)c1)N1CCC(C(=O)c2ccc(O)cc2)CC1. The molecule has 2 aromatic carbocycles. The zero-order valence-electron chi connectivity index (χ0n) is 13.8. The van der Waals surface area contributed by atoms with Gasteiger partial charge in [-0.1, -0.05) is 23.7 Å². The predicted molar refractivity (Wildman–Crippen MR) is 96.6 cm³/mol. The molecule has 1 aliphatic heterocycles. The first kappa shape index (κ1) is 17.0. The molecule has 0 aromatic heterocycles. The first-order chi connectivity index (χ1) is 11.5. The number of carbonyl (C=O) groups excluding carboxylic acids is 1. The number of carbonyl (C=O) groups is 1. The fourth-order valence-electron chi connectivity index (χ4n) is 3.39. The van der Waals surface area contributed by atoms with Gasteiger partial charge in [0.15, 0.2) is 5.78 Å². The van der Waals surface area contributed by atoms with E-state index in [1.165, 1.54) is 5.56 Å². The van der Waals surface area contributed by atoms with Gasteiger partial charge >= 0.3 is 0 Å². The van der Waals surface area contributed by atoms with Crippen molar-refractivity contribution in [3.05, 3.63) is 64.7 Å². The summed E-state index contributed by atoms with van der Waals surface area (Å²) in [4.78, 5) is 15.0. The number of aromatic hydroxyl groups is 1. The molecule has 0 spiro atoms. The van der Waals surface area contributed by atoms with Crippen molar-refractivity contribution in [2.24, 2.45) is 5.92 Å². The number of rotatable bonds is 4. The lowest BCUT2D eigenvalue weighted by molar-refractivity contribution is 0.0802. The molecule has 126 valence electrons. The summed E-state index contributed by atoms with van der Waals surface area (Å²) in [5.74, 6) is 0.444. The van der Waals surface area contributed by atoms with E-state index in [0.717, 1.165) is 31.0 Å².